The maximum Gasteiger partial charge on any atom is 0.234 e. The molecule has 0 atom stereocenters. The van der Waals surface area contributed by atoms with Gasteiger partial charge in [0.05, 0.1) is 6.54 Å². The van der Waals surface area contributed by atoms with Crippen molar-refractivity contribution in [2.75, 3.05) is 51.8 Å². The third kappa shape index (κ3) is 9.37. The van der Waals surface area contributed by atoms with Gasteiger partial charge in [-0.15, -0.1) is 0 Å². The van der Waals surface area contributed by atoms with Crippen LogP contribution in [0.5, 0.6) is 0 Å². The number of hydrogen-bond acceptors (Lipinski definition) is 4. The van der Waals surface area contributed by atoms with E-state index in [1.165, 1.54) is 18.6 Å². The third-order valence-electron chi connectivity index (χ3n) is 4.16. The minimum Gasteiger partial charge on any atom is -0.356 e. The molecule has 0 aromatic carbocycles. The van der Waals surface area contributed by atoms with E-state index in [0.29, 0.717) is 12.6 Å². The lowest BCUT2D eigenvalue weighted by molar-refractivity contribution is -0.122. The molecule has 0 radical (unpaired) electrons. The zero-order valence-electron chi connectivity index (χ0n) is 15.6. The van der Waals surface area contributed by atoms with Crippen LogP contribution in [0.15, 0.2) is 4.99 Å². The van der Waals surface area contributed by atoms with Gasteiger partial charge in [-0.1, -0.05) is 6.92 Å². The van der Waals surface area contributed by atoms with Gasteiger partial charge in [-0.05, 0) is 44.1 Å². The van der Waals surface area contributed by atoms with Gasteiger partial charge in [-0.3, -0.25) is 14.7 Å². The summed E-state index contributed by atoms with van der Waals surface area (Å²) in [6.45, 7) is 6.26. The number of unbranched alkanes of at least 4 members (excludes halogenated alkanes) is 1. The number of amides is 1. The van der Waals surface area contributed by atoms with Crippen molar-refractivity contribution < 1.29 is 4.79 Å². The van der Waals surface area contributed by atoms with Crippen LogP contribution >= 0.6 is 11.8 Å². The van der Waals surface area contributed by atoms with Gasteiger partial charge < -0.3 is 16.0 Å². The van der Waals surface area contributed by atoms with Gasteiger partial charge in [0.25, 0.3) is 0 Å². The fourth-order valence-corrected chi connectivity index (χ4v) is 3.22. The van der Waals surface area contributed by atoms with Crippen LogP contribution in [0, 0.1) is 0 Å². The fraction of sp³-hybridized carbons (Fsp3) is 0.882. The van der Waals surface area contributed by atoms with Crippen LogP contribution in [0.3, 0.4) is 0 Å². The first-order chi connectivity index (χ1) is 11.7. The predicted octanol–water partition coefficient (Wildman–Crippen LogP) is 1.29. The maximum absolute atomic E-state index is 11.8. The topological polar surface area (TPSA) is 68.8 Å². The van der Waals surface area contributed by atoms with E-state index in [1.54, 1.807) is 0 Å². The molecule has 7 heteroatoms. The van der Waals surface area contributed by atoms with Crippen LogP contribution in [0.1, 0.15) is 39.0 Å². The van der Waals surface area contributed by atoms with E-state index in [2.05, 4.69) is 39.0 Å². The molecule has 0 aromatic heterocycles. The highest BCUT2D eigenvalue weighted by molar-refractivity contribution is 7.98. The molecule has 1 aliphatic rings. The van der Waals surface area contributed by atoms with E-state index in [0.717, 1.165) is 51.4 Å². The molecule has 0 unspecified atom stereocenters. The van der Waals surface area contributed by atoms with Gasteiger partial charge in [0.15, 0.2) is 5.96 Å². The first kappa shape index (κ1) is 21.1. The van der Waals surface area contributed by atoms with Crippen LogP contribution in [0.2, 0.25) is 0 Å². The second-order valence-corrected chi connectivity index (χ2v) is 7.23. The number of carbonyl (C=O) groups is 1. The lowest BCUT2D eigenvalue weighted by Gasteiger charge is -2.32. The lowest BCUT2D eigenvalue weighted by atomic mass is 10.1. The molecular weight excluding hydrogens is 322 g/mol. The molecule has 24 heavy (non-hydrogen) atoms. The van der Waals surface area contributed by atoms with Crippen LogP contribution < -0.4 is 16.0 Å². The highest BCUT2D eigenvalue weighted by Crippen LogP contribution is 2.09. The predicted molar refractivity (Wildman–Crippen MR) is 105 cm³/mol. The Balaban J connectivity index is 2.18. The number of hydrogen-bond donors (Lipinski definition) is 3. The fourth-order valence-electron chi connectivity index (χ4n) is 2.73. The standard InChI is InChI=1S/C17H35N5OS/c1-4-9-19-16(23)14-22-11-7-15(8-12-22)21-17(18-2)20-10-5-6-13-24-3/h15H,4-14H2,1-3H3,(H,19,23)(H2,18,20,21). The number of rotatable bonds is 10. The third-order valence-corrected chi connectivity index (χ3v) is 4.86. The highest BCUT2D eigenvalue weighted by Gasteiger charge is 2.21. The zero-order chi connectivity index (χ0) is 17.6. The molecule has 1 rings (SSSR count). The molecule has 0 saturated carbocycles. The van der Waals surface area contributed by atoms with Gasteiger partial charge >= 0.3 is 0 Å². The highest BCUT2D eigenvalue weighted by atomic mass is 32.2. The molecular formula is C17H35N5OS. The average Bonchev–Trinajstić information content (AvgIpc) is 2.60. The summed E-state index contributed by atoms with van der Waals surface area (Å²) in [4.78, 5) is 18.3. The van der Waals surface area contributed by atoms with Gasteiger partial charge in [0.2, 0.25) is 5.91 Å². The van der Waals surface area contributed by atoms with Crippen LogP contribution in [0.4, 0.5) is 0 Å². The zero-order valence-corrected chi connectivity index (χ0v) is 16.4. The second-order valence-electron chi connectivity index (χ2n) is 6.24. The molecule has 1 aliphatic heterocycles. The molecule has 1 saturated heterocycles. The van der Waals surface area contributed by atoms with E-state index in [4.69, 9.17) is 0 Å². The Morgan fingerprint density at radius 1 is 1.21 bits per heavy atom. The number of guanidine groups is 1. The second kappa shape index (κ2) is 13.4. The Morgan fingerprint density at radius 3 is 2.58 bits per heavy atom. The van der Waals surface area contributed by atoms with Crippen LogP contribution in [-0.4, -0.2) is 74.6 Å². The Labute approximate surface area is 151 Å². The normalized spacial score (nSPS) is 16.9. The first-order valence-electron chi connectivity index (χ1n) is 9.14. The number of piperidine rings is 1. The summed E-state index contributed by atoms with van der Waals surface area (Å²) < 4.78 is 0. The van der Waals surface area contributed by atoms with Gasteiger partial charge in [0.1, 0.15) is 0 Å². The molecule has 6 nitrogen and oxygen atoms in total. The quantitative estimate of drug-likeness (QED) is 0.312. The number of carbonyl (C=O) groups excluding carboxylic acids is 1. The molecule has 1 heterocycles. The van der Waals surface area contributed by atoms with E-state index < -0.39 is 0 Å². The summed E-state index contributed by atoms with van der Waals surface area (Å²) in [6, 6.07) is 0.442. The van der Waals surface area contributed by atoms with E-state index in [1.807, 2.05) is 18.8 Å². The smallest absolute Gasteiger partial charge is 0.234 e. The van der Waals surface area contributed by atoms with Gasteiger partial charge in [-0.25, -0.2) is 0 Å². The van der Waals surface area contributed by atoms with Crippen molar-refractivity contribution in [3.05, 3.63) is 0 Å². The molecule has 140 valence electrons. The molecule has 0 spiro atoms. The number of nitrogens with zero attached hydrogens (tertiary/aromatic N) is 2. The minimum absolute atomic E-state index is 0.144. The van der Waals surface area contributed by atoms with Crippen molar-refractivity contribution in [3.8, 4) is 0 Å². The Kier molecular flexibility index (Phi) is 11.7. The largest absolute Gasteiger partial charge is 0.356 e. The lowest BCUT2D eigenvalue weighted by Crippen LogP contribution is -2.50. The van der Waals surface area contributed by atoms with E-state index in [-0.39, 0.29) is 5.91 Å². The summed E-state index contributed by atoms with van der Waals surface area (Å²) in [6.07, 6.45) is 7.65. The number of aliphatic imine (C=N–C) groups is 1. The molecule has 1 fully saturated rings. The molecule has 0 aromatic rings. The first-order valence-corrected chi connectivity index (χ1v) is 10.5. The number of nitrogens with one attached hydrogen (secondary N) is 3. The van der Waals surface area contributed by atoms with Crippen molar-refractivity contribution in [1.82, 2.24) is 20.9 Å². The molecule has 3 N–H and O–H groups in total. The van der Waals surface area contributed by atoms with Crippen molar-refractivity contribution in [1.29, 1.82) is 0 Å². The Bertz CT molecular complexity index is 370. The van der Waals surface area contributed by atoms with Crippen molar-refractivity contribution >= 4 is 23.6 Å². The van der Waals surface area contributed by atoms with Crippen molar-refractivity contribution in [2.24, 2.45) is 4.99 Å². The van der Waals surface area contributed by atoms with Crippen LogP contribution in [0.25, 0.3) is 0 Å². The summed E-state index contributed by atoms with van der Waals surface area (Å²) in [5.74, 6) is 2.27. The SMILES string of the molecule is CCCNC(=O)CN1CCC(NC(=NC)NCCCCSC)CC1. The van der Waals surface area contributed by atoms with Crippen molar-refractivity contribution in [2.45, 2.75) is 45.1 Å². The molecule has 1 amide bonds. The maximum atomic E-state index is 11.8. The molecule has 0 aliphatic carbocycles. The van der Waals surface area contributed by atoms with E-state index >= 15 is 0 Å². The van der Waals surface area contributed by atoms with E-state index in [9.17, 15) is 4.79 Å². The van der Waals surface area contributed by atoms with Gasteiger partial charge in [-0.2, -0.15) is 11.8 Å². The Morgan fingerprint density at radius 2 is 1.96 bits per heavy atom. The molecule has 0 bridgehead atoms. The summed E-state index contributed by atoms with van der Waals surface area (Å²) in [7, 11) is 1.82. The Hall–Kier alpha value is -0.950. The van der Waals surface area contributed by atoms with Crippen LogP contribution in [-0.2, 0) is 4.79 Å². The minimum atomic E-state index is 0.144. The number of thioether (sulfide) groups is 1. The van der Waals surface area contributed by atoms with Crippen molar-refractivity contribution in [3.63, 3.8) is 0 Å². The summed E-state index contributed by atoms with van der Waals surface area (Å²) in [5, 5.41) is 9.85. The average molecular weight is 358 g/mol. The summed E-state index contributed by atoms with van der Waals surface area (Å²) in [5.41, 5.74) is 0. The number of likely N-dealkylation sites (tertiary alicyclic amines) is 1. The van der Waals surface area contributed by atoms with Gasteiger partial charge in [0, 0.05) is 39.3 Å². The monoisotopic (exact) mass is 357 g/mol. The summed E-state index contributed by atoms with van der Waals surface area (Å²) >= 11 is 1.90.